The van der Waals surface area contributed by atoms with E-state index in [0.29, 0.717) is 0 Å². The molecule has 0 aromatic carbocycles. The van der Waals surface area contributed by atoms with Gasteiger partial charge in [-0.05, 0) is 6.07 Å². The first-order chi connectivity index (χ1) is 5.66. The van der Waals surface area contributed by atoms with E-state index in [1.165, 1.54) is 6.07 Å². The smallest absolute Gasteiger partial charge is 0.251 e. The molecule has 5 heteroatoms. The molecule has 1 aromatic rings. The van der Waals surface area contributed by atoms with Crippen molar-refractivity contribution in [2.45, 2.75) is 0 Å². The first-order valence-corrected chi connectivity index (χ1v) is 3.01. The molecule has 0 bridgehead atoms. The van der Waals surface area contributed by atoms with Gasteiger partial charge in [0.1, 0.15) is 6.07 Å². The molecule has 0 saturated heterocycles. The molecule has 0 fully saturated rings. The van der Waals surface area contributed by atoms with Gasteiger partial charge in [0, 0.05) is 6.20 Å². The van der Waals surface area contributed by atoms with Gasteiger partial charge in [-0.25, -0.2) is 9.37 Å². The van der Waals surface area contributed by atoms with Gasteiger partial charge in [0.05, 0.1) is 5.56 Å². The molecule has 0 aliphatic rings. The maximum atomic E-state index is 12.9. The Morgan fingerprint density at radius 3 is 2.92 bits per heavy atom. The van der Waals surface area contributed by atoms with Gasteiger partial charge < -0.3 is 5.73 Å². The number of amides is 1. The zero-order chi connectivity index (χ0) is 9.14. The minimum atomic E-state index is -0.965. The van der Waals surface area contributed by atoms with Gasteiger partial charge in [0.15, 0.2) is 11.5 Å². The number of nitrogens with two attached hydrogens (primary N) is 1. The number of carbonyl (C=O) groups is 1. The largest absolute Gasteiger partial charge is 0.366 e. The molecule has 2 N–H and O–H groups in total. The summed E-state index contributed by atoms with van der Waals surface area (Å²) in [6.45, 7) is 0. The summed E-state index contributed by atoms with van der Waals surface area (Å²) in [5.41, 5.74) is 4.08. The lowest BCUT2D eigenvalue weighted by Crippen LogP contribution is -2.14. The van der Waals surface area contributed by atoms with E-state index in [1.807, 2.05) is 0 Å². The highest BCUT2D eigenvalue weighted by atomic mass is 19.1. The lowest BCUT2D eigenvalue weighted by atomic mass is 10.2. The molecule has 12 heavy (non-hydrogen) atoms. The number of primary amides is 1. The number of pyridine rings is 1. The Morgan fingerprint density at radius 1 is 1.75 bits per heavy atom. The van der Waals surface area contributed by atoms with Gasteiger partial charge in [0.2, 0.25) is 0 Å². The number of halogens is 1. The van der Waals surface area contributed by atoms with Crippen LogP contribution in [0.5, 0.6) is 0 Å². The van der Waals surface area contributed by atoms with Crippen LogP contribution >= 0.6 is 0 Å². The maximum Gasteiger partial charge on any atom is 0.251 e. The molecule has 4 nitrogen and oxygen atoms in total. The van der Waals surface area contributed by atoms with Gasteiger partial charge in [-0.1, -0.05) is 0 Å². The van der Waals surface area contributed by atoms with E-state index in [2.05, 4.69) is 4.98 Å². The number of rotatable bonds is 1. The molecular formula is C7H4FN3O. The highest BCUT2D eigenvalue weighted by Gasteiger charge is 2.12. The summed E-state index contributed by atoms with van der Waals surface area (Å²) >= 11 is 0. The van der Waals surface area contributed by atoms with Crippen LogP contribution < -0.4 is 5.73 Å². The third-order valence-corrected chi connectivity index (χ3v) is 1.26. The van der Waals surface area contributed by atoms with E-state index >= 15 is 0 Å². The van der Waals surface area contributed by atoms with Crippen molar-refractivity contribution < 1.29 is 9.18 Å². The van der Waals surface area contributed by atoms with Crippen LogP contribution in [0, 0.1) is 17.1 Å². The van der Waals surface area contributed by atoms with Crippen molar-refractivity contribution in [2.24, 2.45) is 5.73 Å². The molecule has 0 radical (unpaired) electrons. The number of nitriles is 1. The van der Waals surface area contributed by atoms with Crippen molar-refractivity contribution in [3.05, 3.63) is 29.3 Å². The molecule has 1 rings (SSSR count). The van der Waals surface area contributed by atoms with E-state index in [0.717, 1.165) is 12.3 Å². The molecule has 60 valence electrons. The molecular weight excluding hydrogens is 161 g/mol. The third kappa shape index (κ3) is 1.22. The summed E-state index contributed by atoms with van der Waals surface area (Å²) in [6, 6.07) is 2.62. The summed E-state index contributed by atoms with van der Waals surface area (Å²) in [6.07, 6.45) is 1.15. The summed E-state index contributed by atoms with van der Waals surface area (Å²) in [4.78, 5) is 13.9. The van der Waals surface area contributed by atoms with E-state index in [4.69, 9.17) is 11.0 Å². The van der Waals surface area contributed by atoms with Gasteiger partial charge in [0.25, 0.3) is 5.91 Å². The highest BCUT2D eigenvalue weighted by molar-refractivity contribution is 5.93. The van der Waals surface area contributed by atoms with Gasteiger partial charge in [-0.2, -0.15) is 5.26 Å². The van der Waals surface area contributed by atoms with Crippen LogP contribution in [-0.2, 0) is 0 Å². The molecule has 0 unspecified atom stereocenters. The van der Waals surface area contributed by atoms with Crippen molar-refractivity contribution in [3.63, 3.8) is 0 Å². The Hall–Kier alpha value is -1.96. The lowest BCUT2D eigenvalue weighted by molar-refractivity contribution is 0.0996. The topological polar surface area (TPSA) is 79.8 Å². The van der Waals surface area contributed by atoms with E-state index in [1.54, 1.807) is 0 Å². The summed E-state index contributed by atoms with van der Waals surface area (Å²) < 4.78 is 12.9. The van der Waals surface area contributed by atoms with E-state index in [-0.39, 0.29) is 5.56 Å². The predicted octanol–water partition coefficient (Wildman–Crippen LogP) is 0.191. The standard InChI is InChI=1S/C7H4FN3O/c8-6-4(7(10)12)1-2-11-5(6)3-9/h1-2H,(H2,10,12). The fourth-order valence-electron chi connectivity index (χ4n) is 0.712. The van der Waals surface area contributed by atoms with Crippen molar-refractivity contribution in [1.29, 1.82) is 5.26 Å². The van der Waals surface area contributed by atoms with Crippen LogP contribution in [0.15, 0.2) is 12.3 Å². The fourth-order valence-corrected chi connectivity index (χ4v) is 0.712. The molecule has 1 amide bonds. The zero-order valence-corrected chi connectivity index (χ0v) is 5.91. The quantitative estimate of drug-likeness (QED) is 0.645. The Kier molecular flexibility index (Phi) is 2.01. The molecule has 0 aliphatic carbocycles. The summed E-state index contributed by atoms with van der Waals surface area (Å²) in [7, 11) is 0. The van der Waals surface area contributed by atoms with Crippen molar-refractivity contribution in [1.82, 2.24) is 4.98 Å². The second-order valence-corrected chi connectivity index (χ2v) is 2.00. The van der Waals surface area contributed by atoms with Crippen molar-refractivity contribution in [2.75, 3.05) is 0 Å². The van der Waals surface area contributed by atoms with Gasteiger partial charge in [-0.3, -0.25) is 4.79 Å². The predicted molar refractivity (Wildman–Crippen MR) is 37.4 cm³/mol. The van der Waals surface area contributed by atoms with Crippen molar-refractivity contribution in [3.8, 4) is 6.07 Å². The molecule has 0 saturated carbocycles. The van der Waals surface area contributed by atoms with Gasteiger partial charge >= 0.3 is 0 Å². The molecule has 1 aromatic heterocycles. The monoisotopic (exact) mass is 165 g/mol. The van der Waals surface area contributed by atoms with E-state index in [9.17, 15) is 9.18 Å². The van der Waals surface area contributed by atoms with Crippen LogP contribution in [0.2, 0.25) is 0 Å². The SMILES string of the molecule is N#Cc1nccc(C(N)=O)c1F. The first kappa shape index (κ1) is 8.14. The summed E-state index contributed by atoms with van der Waals surface area (Å²) in [5.74, 6) is -1.88. The normalized spacial score (nSPS) is 9.00. The number of hydrogen-bond acceptors (Lipinski definition) is 3. The molecule has 0 spiro atoms. The average Bonchev–Trinajstić information content (AvgIpc) is 2.04. The van der Waals surface area contributed by atoms with Crippen molar-refractivity contribution >= 4 is 5.91 Å². The Morgan fingerprint density at radius 2 is 2.42 bits per heavy atom. The third-order valence-electron chi connectivity index (χ3n) is 1.26. The molecule has 0 atom stereocenters. The highest BCUT2D eigenvalue weighted by Crippen LogP contribution is 2.07. The average molecular weight is 165 g/mol. The van der Waals surface area contributed by atoms with Crippen LogP contribution in [0.3, 0.4) is 0 Å². The summed E-state index contributed by atoms with van der Waals surface area (Å²) in [5, 5.41) is 8.32. The number of nitrogens with zero attached hydrogens (tertiary/aromatic N) is 2. The van der Waals surface area contributed by atoms with Crippen LogP contribution in [0.25, 0.3) is 0 Å². The zero-order valence-electron chi connectivity index (χ0n) is 5.91. The van der Waals surface area contributed by atoms with Crippen LogP contribution in [0.4, 0.5) is 4.39 Å². The van der Waals surface area contributed by atoms with E-state index < -0.39 is 17.4 Å². The lowest BCUT2D eigenvalue weighted by Gasteiger charge is -1.96. The Bertz CT molecular complexity index is 369. The second kappa shape index (κ2) is 2.96. The maximum absolute atomic E-state index is 12.9. The first-order valence-electron chi connectivity index (χ1n) is 3.01. The van der Waals surface area contributed by atoms with Crippen LogP contribution in [0.1, 0.15) is 16.1 Å². The second-order valence-electron chi connectivity index (χ2n) is 2.00. The minimum Gasteiger partial charge on any atom is -0.366 e. The fraction of sp³-hybridized carbons (Fsp3) is 0. The Labute approximate surface area is 67.4 Å². The minimum absolute atomic E-state index is 0.318. The molecule has 1 heterocycles. The number of hydrogen-bond donors (Lipinski definition) is 1. The number of aromatic nitrogens is 1. The number of carbonyl (C=O) groups excluding carboxylic acids is 1. The molecule has 0 aliphatic heterocycles. The van der Waals surface area contributed by atoms with Gasteiger partial charge in [-0.15, -0.1) is 0 Å². The van der Waals surface area contributed by atoms with Crippen LogP contribution in [-0.4, -0.2) is 10.9 Å². The Balaban J connectivity index is 3.35.